The first kappa shape index (κ1) is 15.6. The quantitative estimate of drug-likeness (QED) is 0.776. The molecule has 3 heteroatoms. The minimum absolute atomic E-state index is 0.0359. The lowest BCUT2D eigenvalue weighted by molar-refractivity contribution is -0.117. The van der Waals surface area contributed by atoms with E-state index in [1.54, 1.807) is 0 Å². The van der Waals surface area contributed by atoms with Gasteiger partial charge in [-0.3, -0.25) is 4.79 Å². The van der Waals surface area contributed by atoms with Gasteiger partial charge in [-0.15, -0.1) is 11.6 Å². The van der Waals surface area contributed by atoms with E-state index in [4.69, 9.17) is 11.6 Å². The van der Waals surface area contributed by atoms with Crippen LogP contribution < -0.4 is 5.32 Å². The first-order chi connectivity index (χ1) is 10.2. The highest BCUT2D eigenvalue weighted by Gasteiger charge is 2.18. The highest BCUT2D eigenvalue weighted by atomic mass is 35.5. The number of rotatable bonds is 6. The van der Waals surface area contributed by atoms with Crippen LogP contribution in [0.3, 0.4) is 0 Å². The molecule has 2 aromatic carbocycles. The van der Waals surface area contributed by atoms with Gasteiger partial charge in [0, 0.05) is 11.6 Å². The Labute approximate surface area is 131 Å². The van der Waals surface area contributed by atoms with E-state index in [1.807, 2.05) is 61.5 Å². The van der Waals surface area contributed by atoms with E-state index in [0.717, 1.165) is 24.1 Å². The maximum Gasteiger partial charge on any atom is 0.231 e. The van der Waals surface area contributed by atoms with Crippen molar-refractivity contribution >= 4 is 23.2 Å². The molecule has 110 valence electrons. The highest BCUT2D eigenvalue weighted by Crippen LogP contribution is 2.21. The van der Waals surface area contributed by atoms with Crippen LogP contribution in [0.2, 0.25) is 0 Å². The van der Waals surface area contributed by atoms with Crippen LogP contribution in [-0.2, 0) is 11.2 Å². The van der Waals surface area contributed by atoms with Crippen LogP contribution in [0.5, 0.6) is 0 Å². The molecule has 2 nitrogen and oxygen atoms in total. The molecule has 0 fully saturated rings. The zero-order valence-corrected chi connectivity index (χ0v) is 12.9. The molecule has 2 aromatic rings. The second kappa shape index (κ2) is 7.84. The van der Waals surface area contributed by atoms with E-state index in [1.165, 1.54) is 5.56 Å². The summed E-state index contributed by atoms with van der Waals surface area (Å²) in [6.07, 6.45) is 1.62. The number of carbonyl (C=O) groups is 1. The Kier molecular flexibility index (Phi) is 5.82. The maximum atomic E-state index is 12.4. The lowest BCUT2D eigenvalue weighted by Gasteiger charge is -2.15. The summed E-state index contributed by atoms with van der Waals surface area (Å²) < 4.78 is 0. The number of anilines is 1. The summed E-state index contributed by atoms with van der Waals surface area (Å²) in [4.78, 5) is 12.4. The van der Waals surface area contributed by atoms with Crippen molar-refractivity contribution in [1.29, 1.82) is 0 Å². The van der Waals surface area contributed by atoms with Crippen molar-refractivity contribution in [2.24, 2.45) is 0 Å². The number of nitrogens with one attached hydrogen (secondary N) is 1. The van der Waals surface area contributed by atoms with Gasteiger partial charge in [0.05, 0.1) is 5.92 Å². The molecule has 1 amide bonds. The second-order valence-electron chi connectivity index (χ2n) is 5.00. The summed E-state index contributed by atoms with van der Waals surface area (Å²) in [5, 5.41) is 2.99. The Morgan fingerprint density at radius 2 is 1.76 bits per heavy atom. The number of alkyl halides is 1. The Morgan fingerprint density at radius 3 is 2.33 bits per heavy atom. The van der Waals surface area contributed by atoms with Crippen LogP contribution in [0.4, 0.5) is 5.69 Å². The highest BCUT2D eigenvalue weighted by molar-refractivity contribution is 6.18. The van der Waals surface area contributed by atoms with Gasteiger partial charge in [0.2, 0.25) is 5.91 Å². The predicted molar refractivity (Wildman–Crippen MR) is 89.0 cm³/mol. The number of hydrogen-bond donors (Lipinski definition) is 1. The van der Waals surface area contributed by atoms with Crippen LogP contribution in [0.25, 0.3) is 0 Å². The van der Waals surface area contributed by atoms with Gasteiger partial charge in [-0.25, -0.2) is 0 Å². The fourth-order valence-electron chi connectivity index (χ4n) is 2.35. The molecule has 0 saturated heterocycles. The summed E-state index contributed by atoms with van der Waals surface area (Å²) >= 11 is 5.72. The van der Waals surface area contributed by atoms with Crippen molar-refractivity contribution in [3.63, 3.8) is 0 Å². The fraction of sp³-hybridized carbons (Fsp3) is 0.278. The number of aryl methyl sites for hydroxylation is 1. The molecule has 0 aliphatic heterocycles. The van der Waals surface area contributed by atoms with E-state index < -0.39 is 0 Å². The van der Waals surface area contributed by atoms with Crippen molar-refractivity contribution in [1.82, 2.24) is 0 Å². The molecule has 0 radical (unpaired) electrons. The van der Waals surface area contributed by atoms with Crippen LogP contribution in [0.15, 0.2) is 54.6 Å². The lowest BCUT2D eigenvalue weighted by atomic mass is 9.95. The molecule has 1 N–H and O–H groups in total. The number of benzene rings is 2. The smallest absolute Gasteiger partial charge is 0.231 e. The lowest BCUT2D eigenvalue weighted by Crippen LogP contribution is -2.20. The topological polar surface area (TPSA) is 29.1 Å². The zero-order chi connectivity index (χ0) is 15.1. The minimum atomic E-state index is -0.117. The molecule has 21 heavy (non-hydrogen) atoms. The third-order valence-electron chi connectivity index (χ3n) is 3.53. The minimum Gasteiger partial charge on any atom is -0.326 e. The van der Waals surface area contributed by atoms with Crippen molar-refractivity contribution < 1.29 is 4.79 Å². The summed E-state index contributed by atoms with van der Waals surface area (Å²) in [6.45, 7) is 2.03. The maximum absolute atomic E-state index is 12.4. The van der Waals surface area contributed by atoms with E-state index in [-0.39, 0.29) is 11.8 Å². The molecule has 0 spiro atoms. The van der Waals surface area contributed by atoms with Gasteiger partial charge in [0.1, 0.15) is 0 Å². The van der Waals surface area contributed by atoms with Crippen LogP contribution in [-0.4, -0.2) is 11.8 Å². The Morgan fingerprint density at radius 1 is 1.10 bits per heavy atom. The molecule has 0 aromatic heterocycles. The van der Waals surface area contributed by atoms with Gasteiger partial charge < -0.3 is 5.32 Å². The zero-order valence-electron chi connectivity index (χ0n) is 12.2. The molecule has 0 aliphatic carbocycles. The molecule has 2 rings (SSSR count). The third-order valence-corrected chi connectivity index (χ3v) is 3.72. The molecule has 0 bridgehead atoms. The summed E-state index contributed by atoms with van der Waals surface area (Å²) in [7, 11) is 0. The van der Waals surface area contributed by atoms with Crippen molar-refractivity contribution in [3.8, 4) is 0 Å². The third kappa shape index (κ3) is 4.33. The Bertz CT molecular complexity index is 566. The SMILES string of the molecule is CCC(C(=O)Nc1ccc(CCCl)cc1)c1ccccc1. The van der Waals surface area contributed by atoms with E-state index >= 15 is 0 Å². The summed E-state index contributed by atoms with van der Waals surface area (Å²) in [5.41, 5.74) is 3.06. The molecule has 1 atom stereocenters. The normalized spacial score (nSPS) is 11.9. The average Bonchev–Trinajstić information content (AvgIpc) is 2.51. The second-order valence-corrected chi connectivity index (χ2v) is 5.37. The van der Waals surface area contributed by atoms with Gasteiger partial charge in [-0.2, -0.15) is 0 Å². The monoisotopic (exact) mass is 301 g/mol. The summed E-state index contributed by atoms with van der Waals surface area (Å²) in [6, 6.07) is 17.7. The number of carbonyl (C=O) groups excluding carboxylic acids is 1. The predicted octanol–water partition coefficient (Wildman–Crippen LogP) is 4.60. The molecule has 0 saturated carbocycles. The standard InChI is InChI=1S/C18H20ClNO/c1-2-17(15-6-4-3-5-7-15)18(21)20-16-10-8-14(9-11-16)12-13-19/h3-11,17H,2,12-13H2,1H3,(H,20,21). The average molecular weight is 302 g/mol. The number of halogens is 1. The van der Waals surface area contributed by atoms with Crippen molar-refractivity contribution in [2.75, 3.05) is 11.2 Å². The van der Waals surface area contributed by atoms with Crippen LogP contribution >= 0.6 is 11.6 Å². The number of amides is 1. The van der Waals surface area contributed by atoms with E-state index in [0.29, 0.717) is 5.88 Å². The molecular formula is C18H20ClNO. The van der Waals surface area contributed by atoms with E-state index in [9.17, 15) is 4.79 Å². The van der Waals surface area contributed by atoms with Gasteiger partial charge in [0.25, 0.3) is 0 Å². The summed E-state index contributed by atoms with van der Waals surface area (Å²) in [5.74, 6) is 0.528. The van der Waals surface area contributed by atoms with E-state index in [2.05, 4.69) is 5.32 Å². The Balaban J connectivity index is 2.05. The first-order valence-electron chi connectivity index (χ1n) is 7.25. The molecule has 0 aliphatic rings. The Hall–Kier alpha value is -1.80. The molecule has 1 unspecified atom stereocenters. The first-order valence-corrected chi connectivity index (χ1v) is 7.78. The van der Waals surface area contributed by atoms with Gasteiger partial charge in [0.15, 0.2) is 0 Å². The largest absolute Gasteiger partial charge is 0.326 e. The van der Waals surface area contributed by atoms with Gasteiger partial charge in [-0.1, -0.05) is 49.4 Å². The van der Waals surface area contributed by atoms with Crippen LogP contribution in [0.1, 0.15) is 30.4 Å². The molecular weight excluding hydrogens is 282 g/mol. The molecule has 0 heterocycles. The van der Waals surface area contributed by atoms with Gasteiger partial charge in [-0.05, 0) is 36.1 Å². The fourth-order valence-corrected chi connectivity index (χ4v) is 2.57. The van der Waals surface area contributed by atoms with Crippen molar-refractivity contribution in [2.45, 2.75) is 25.7 Å². The van der Waals surface area contributed by atoms with Gasteiger partial charge >= 0.3 is 0 Å². The van der Waals surface area contributed by atoms with Crippen LogP contribution in [0, 0.1) is 0 Å². The van der Waals surface area contributed by atoms with Crippen molar-refractivity contribution in [3.05, 3.63) is 65.7 Å². The number of hydrogen-bond acceptors (Lipinski definition) is 1.